The van der Waals surface area contributed by atoms with Crippen LogP contribution in [0.15, 0.2) is 34.2 Å². The average molecular weight is 482 g/mol. The summed E-state index contributed by atoms with van der Waals surface area (Å²) in [5.74, 6) is 1.30. The molecular weight excluding hydrogens is 458 g/mol. The number of benzene rings is 1. The van der Waals surface area contributed by atoms with E-state index in [4.69, 9.17) is 4.42 Å². The van der Waals surface area contributed by atoms with E-state index in [-0.39, 0.29) is 5.41 Å². The molecule has 2 atom stereocenters. The quantitative estimate of drug-likeness (QED) is 0.277. The summed E-state index contributed by atoms with van der Waals surface area (Å²) in [7, 11) is 1.89. The Morgan fingerprint density at radius 2 is 2.09 bits per heavy atom. The lowest BCUT2D eigenvalue weighted by Gasteiger charge is -2.21. The first kappa shape index (κ1) is 22.4. The summed E-state index contributed by atoms with van der Waals surface area (Å²) in [6.45, 7) is 4.38. The van der Waals surface area contributed by atoms with Gasteiger partial charge in [-0.2, -0.15) is 13.2 Å². The number of thioether (sulfide) groups is 1. The van der Waals surface area contributed by atoms with Crippen molar-refractivity contribution < 1.29 is 22.0 Å². The van der Waals surface area contributed by atoms with Gasteiger partial charge in [-0.15, -0.1) is 10.2 Å². The van der Waals surface area contributed by atoms with Gasteiger partial charge >= 0.3 is 6.18 Å². The fourth-order valence-corrected chi connectivity index (χ4v) is 5.70. The molecule has 1 aliphatic heterocycles. The van der Waals surface area contributed by atoms with Gasteiger partial charge in [-0.25, -0.2) is 9.37 Å². The van der Waals surface area contributed by atoms with E-state index in [9.17, 15) is 17.6 Å². The zero-order valence-corrected chi connectivity index (χ0v) is 19.0. The smallest absolute Gasteiger partial charge is 0.419 e. The van der Waals surface area contributed by atoms with Gasteiger partial charge in [0.15, 0.2) is 17.3 Å². The van der Waals surface area contributed by atoms with Crippen LogP contribution in [-0.2, 0) is 18.6 Å². The first-order chi connectivity index (χ1) is 15.7. The largest absolute Gasteiger partial charge is 0.440 e. The number of fused-ring (bicyclic) bond motifs is 1. The fraction of sp³-hybridized carbons (Fsp3) is 0.500. The maximum Gasteiger partial charge on any atom is 0.419 e. The monoisotopic (exact) mass is 481 g/mol. The number of likely N-dealkylation sites (tertiary alicyclic amines) is 1. The Labute approximate surface area is 192 Å². The summed E-state index contributed by atoms with van der Waals surface area (Å²) < 4.78 is 60.0. The molecule has 1 aliphatic carbocycles. The van der Waals surface area contributed by atoms with E-state index in [0.717, 1.165) is 61.2 Å². The number of oxazole rings is 1. The number of halogens is 4. The molecule has 0 unspecified atom stereocenters. The molecule has 1 saturated heterocycles. The number of aryl methyl sites for hydroxylation is 1. The van der Waals surface area contributed by atoms with Crippen molar-refractivity contribution in [1.82, 2.24) is 24.6 Å². The van der Waals surface area contributed by atoms with Crippen molar-refractivity contribution in [2.24, 2.45) is 13.0 Å². The van der Waals surface area contributed by atoms with E-state index >= 15 is 0 Å². The van der Waals surface area contributed by atoms with Crippen LogP contribution >= 0.6 is 11.8 Å². The topological polar surface area (TPSA) is 60.0 Å². The molecule has 5 rings (SSSR count). The standard InChI is InChI=1S/C22H23F4N5OS/c1-13-18(32-12-27-13)19-28-29-20(30(19)2)33-7-3-6-31-10-15-9-21(15,11-31)14-4-5-16(17(23)8-14)22(24,25)26/h4-5,8,12,15H,3,6-7,9-11H2,1-2H3/t15-,21+/m0/s1. The first-order valence-corrected chi connectivity index (χ1v) is 11.7. The molecule has 0 amide bonds. The maximum atomic E-state index is 14.1. The lowest BCUT2D eigenvalue weighted by Crippen LogP contribution is -2.28. The van der Waals surface area contributed by atoms with Crippen LogP contribution in [0.1, 0.15) is 29.7 Å². The third kappa shape index (κ3) is 4.05. The molecule has 176 valence electrons. The van der Waals surface area contributed by atoms with E-state index < -0.39 is 17.6 Å². The second kappa shape index (κ2) is 8.12. The summed E-state index contributed by atoms with van der Waals surface area (Å²) in [6.07, 6.45) is -1.44. The zero-order chi connectivity index (χ0) is 23.4. The molecule has 0 spiro atoms. The minimum Gasteiger partial charge on any atom is -0.440 e. The van der Waals surface area contributed by atoms with E-state index in [1.165, 1.54) is 12.5 Å². The van der Waals surface area contributed by atoms with Crippen LogP contribution in [0.25, 0.3) is 11.6 Å². The van der Waals surface area contributed by atoms with Crippen molar-refractivity contribution >= 4 is 11.8 Å². The Bertz CT molecular complexity index is 1180. The van der Waals surface area contributed by atoms with Gasteiger partial charge in [0.2, 0.25) is 5.82 Å². The highest BCUT2D eigenvalue weighted by molar-refractivity contribution is 7.99. The highest BCUT2D eigenvalue weighted by Gasteiger charge is 2.60. The number of alkyl halides is 3. The lowest BCUT2D eigenvalue weighted by atomic mass is 9.93. The zero-order valence-electron chi connectivity index (χ0n) is 18.2. The van der Waals surface area contributed by atoms with Crippen molar-refractivity contribution in [3.63, 3.8) is 0 Å². The van der Waals surface area contributed by atoms with Gasteiger partial charge in [0.05, 0.1) is 11.3 Å². The van der Waals surface area contributed by atoms with Gasteiger partial charge in [-0.05, 0) is 49.9 Å². The van der Waals surface area contributed by atoms with Gasteiger partial charge < -0.3 is 13.9 Å². The minimum atomic E-state index is -4.67. The van der Waals surface area contributed by atoms with E-state index in [2.05, 4.69) is 20.1 Å². The molecule has 11 heteroatoms. The van der Waals surface area contributed by atoms with E-state index in [1.807, 2.05) is 18.5 Å². The van der Waals surface area contributed by atoms with Crippen LogP contribution in [0, 0.1) is 18.7 Å². The average Bonchev–Trinajstić information content (AvgIpc) is 3.05. The Kier molecular flexibility index (Phi) is 5.51. The second-order valence-corrected chi connectivity index (χ2v) is 9.88. The summed E-state index contributed by atoms with van der Waals surface area (Å²) in [5.41, 5.74) is 0.0452. The number of hydrogen-bond donors (Lipinski definition) is 0. The number of aromatic nitrogens is 4. The maximum absolute atomic E-state index is 14.1. The molecule has 0 N–H and O–H groups in total. The van der Waals surface area contributed by atoms with Gasteiger partial charge in [-0.1, -0.05) is 17.8 Å². The molecule has 6 nitrogen and oxygen atoms in total. The van der Waals surface area contributed by atoms with E-state index in [0.29, 0.717) is 23.1 Å². The molecule has 1 aromatic carbocycles. The second-order valence-electron chi connectivity index (χ2n) is 8.82. The van der Waals surface area contributed by atoms with Crippen LogP contribution in [-0.4, -0.2) is 50.0 Å². The van der Waals surface area contributed by atoms with Crippen LogP contribution in [0.3, 0.4) is 0 Å². The Morgan fingerprint density at radius 3 is 2.79 bits per heavy atom. The third-order valence-electron chi connectivity index (χ3n) is 6.70. The SMILES string of the molecule is Cc1ncoc1-c1nnc(SCCCN2C[C@@H]3C[C@]3(c3ccc(C(F)(F)F)c(F)c3)C2)n1C. The van der Waals surface area contributed by atoms with Crippen molar-refractivity contribution in [3.05, 3.63) is 47.2 Å². The molecule has 2 aliphatic rings. The van der Waals surface area contributed by atoms with Gasteiger partial charge in [0.1, 0.15) is 5.82 Å². The molecule has 1 saturated carbocycles. The molecule has 0 radical (unpaired) electrons. The van der Waals surface area contributed by atoms with Gasteiger partial charge in [-0.3, -0.25) is 0 Å². The molecule has 3 heterocycles. The van der Waals surface area contributed by atoms with Gasteiger partial charge in [0.25, 0.3) is 0 Å². The molecule has 2 fully saturated rings. The predicted molar refractivity (Wildman–Crippen MR) is 114 cm³/mol. The van der Waals surface area contributed by atoms with Crippen LogP contribution in [0.2, 0.25) is 0 Å². The molecule has 33 heavy (non-hydrogen) atoms. The van der Waals surface area contributed by atoms with Crippen LogP contribution in [0.5, 0.6) is 0 Å². The highest BCUT2D eigenvalue weighted by atomic mass is 32.2. The Balaban J connectivity index is 1.14. The first-order valence-electron chi connectivity index (χ1n) is 10.7. The van der Waals surface area contributed by atoms with Gasteiger partial charge in [0, 0.05) is 31.3 Å². The fourth-order valence-electron chi connectivity index (χ4n) is 4.87. The van der Waals surface area contributed by atoms with Crippen molar-refractivity contribution in [3.8, 4) is 11.6 Å². The number of rotatable bonds is 7. The molecule has 0 bridgehead atoms. The van der Waals surface area contributed by atoms with Crippen LogP contribution in [0.4, 0.5) is 17.6 Å². The Hall–Kier alpha value is -2.40. The van der Waals surface area contributed by atoms with Crippen LogP contribution < -0.4 is 0 Å². The van der Waals surface area contributed by atoms with Crippen molar-refractivity contribution in [1.29, 1.82) is 0 Å². The normalized spacial score (nSPS) is 22.7. The summed E-state index contributed by atoms with van der Waals surface area (Å²) in [4.78, 5) is 6.41. The number of piperidine rings is 1. The summed E-state index contributed by atoms with van der Waals surface area (Å²) >= 11 is 1.61. The summed E-state index contributed by atoms with van der Waals surface area (Å²) in [5, 5.41) is 9.25. The Morgan fingerprint density at radius 1 is 1.27 bits per heavy atom. The summed E-state index contributed by atoms with van der Waals surface area (Å²) in [6, 6.07) is 3.42. The number of hydrogen-bond acceptors (Lipinski definition) is 6. The minimum absolute atomic E-state index is 0.203. The van der Waals surface area contributed by atoms with Crippen molar-refractivity contribution in [2.75, 3.05) is 25.4 Å². The lowest BCUT2D eigenvalue weighted by molar-refractivity contribution is -0.140. The molecule has 3 aromatic rings. The third-order valence-corrected chi connectivity index (χ3v) is 7.81. The molecular formula is C22H23F4N5OS. The number of nitrogens with zero attached hydrogens (tertiary/aromatic N) is 5. The highest BCUT2D eigenvalue weighted by Crippen LogP contribution is 2.59. The predicted octanol–water partition coefficient (Wildman–Crippen LogP) is 4.69. The molecule has 2 aromatic heterocycles. The van der Waals surface area contributed by atoms with Crippen molar-refractivity contribution in [2.45, 2.75) is 36.5 Å². The van der Waals surface area contributed by atoms with E-state index in [1.54, 1.807) is 11.8 Å².